The molecule has 2 heterocycles. The molecule has 0 saturated carbocycles. The van der Waals surface area contributed by atoms with Crippen LogP contribution in [-0.2, 0) is 6.42 Å². The number of carbonyl (C=O) groups excluding carboxylic acids is 1. The molecule has 0 bridgehead atoms. The Labute approximate surface area is 150 Å². The van der Waals surface area contributed by atoms with E-state index in [4.69, 9.17) is 16.1 Å². The van der Waals surface area contributed by atoms with Gasteiger partial charge >= 0.3 is 0 Å². The fourth-order valence-electron chi connectivity index (χ4n) is 2.36. The lowest BCUT2D eigenvalue weighted by atomic mass is 10.1. The first kappa shape index (κ1) is 17.2. The summed E-state index contributed by atoms with van der Waals surface area (Å²) in [5, 5.41) is 11.2. The lowest BCUT2D eigenvalue weighted by molar-refractivity contribution is 0.0932. The average Bonchev–Trinajstić information content (AvgIpc) is 3.27. The first-order valence-electron chi connectivity index (χ1n) is 8.01. The number of aromatic nitrogens is 4. The van der Waals surface area contributed by atoms with Crippen molar-refractivity contribution in [3.05, 3.63) is 59.0 Å². The number of rotatable bonds is 6. The molecule has 1 atom stereocenters. The van der Waals surface area contributed by atoms with Crippen molar-refractivity contribution >= 4 is 17.5 Å². The van der Waals surface area contributed by atoms with Crippen LogP contribution in [0.5, 0.6) is 0 Å². The number of hydrogen-bond acceptors (Lipinski definition) is 5. The van der Waals surface area contributed by atoms with E-state index in [2.05, 4.69) is 20.6 Å². The summed E-state index contributed by atoms with van der Waals surface area (Å²) in [4.78, 5) is 16.9. The third-order valence-corrected chi connectivity index (χ3v) is 3.97. The van der Waals surface area contributed by atoms with Crippen molar-refractivity contribution in [2.75, 3.05) is 0 Å². The fraction of sp³-hybridized carbons (Fsp3) is 0.294. The van der Waals surface area contributed by atoms with Crippen LogP contribution in [0.3, 0.4) is 0 Å². The molecule has 0 aliphatic rings. The molecular formula is C17H18ClN5O2. The van der Waals surface area contributed by atoms with Gasteiger partial charge in [-0.15, -0.1) is 0 Å². The summed E-state index contributed by atoms with van der Waals surface area (Å²) in [6, 6.07) is 6.54. The van der Waals surface area contributed by atoms with E-state index in [9.17, 15) is 4.79 Å². The standard InChI is InChI=1S/C17H18ClN5O2/c1-3-5-15-21-17(25-22-15)11(2)20-16(24)13-10-12(6-7-14(13)18)23-9-4-8-19-23/h4,6-11H,3,5H2,1-2H3,(H,20,24). The van der Waals surface area contributed by atoms with Gasteiger partial charge in [-0.25, -0.2) is 4.68 Å². The van der Waals surface area contributed by atoms with Gasteiger partial charge in [0.1, 0.15) is 6.04 Å². The Balaban J connectivity index is 1.77. The van der Waals surface area contributed by atoms with E-state index in [1.54, 1.807) is 48.3 Å². The van der Waals surface area contributed by atoms with Gasteiger partial charge in [0, 0.05) is 18.8 Å². The van der Waals surface area contributed by atoms with Crippen LogP contribution in [0.4, 0.5) is 0 Å². The molecule has 130 valence electrons. The maximum absolute atomic E-state index is 12.6. The number of nitrogens with zero attached hydrogens (tertiary/aromatic N) is 4. The van der Waals surface area contributed by atoms with E-state index in [1.165, 1.54) is 0 Å². The van der Waals surface area contributed by atoms with E-state index in [-0.39, 0.29) is 5.91 Å². The summed E-state index contributed by atoms with van der Waals surface area (Å²) in [5.41, 5.74) is 1.10. The highest BCUT2D eigenvalue weighted by molar-refractivity contribution is 6.33. The van der Waals surface area contributed by atoms with Crippen LogP contribution in [-0.4, -0.2) is 25.8 Å². The number of hydrogen-bond donors (Lipinski definition) is 1. The predicted octanol–water partition coefficient (Wildman–Crippen LogP) is 3.35. The lowest BCUT2D eigenvalue weighted by Crippen LogP contribution is -2.27. The summed E-state index contributed by atoms with van der Waals surface area (Å²) in [6.07, 6.45) is 5.12. The van der Waals surface area contributed by atoms with E-state index in [1.807, 2.05) is 6.92 Å². The topological polar surface area (TPSA) is 85.8 Å². The summed E-state index contributed by atoms with van der Waals surface area (Å²) in [5.74, 6) is 0.690. The Morgan fingerprint density at radius 3 is 3.00 bits per heavy atom. The lowest BCUT2D eigenvalue weighted by Gasteiger charge is -2.12. The summed E-state index contributed by atoms with van der Waals surface area (Å²) in [6.45, 7) is 3.82. The van der Waals surface area contributed by atoms with Crippen LogP contribution in [0.1, 0.15) is 48.4 Å². The smallest absolute Gasteiger partial charge is 0.253 e. The zero-order chi connectivity index (χ0) is 17.8. The third-order valence-electron chi connectivity index (χ3n) is 3.64. The number of halogens is 1. The fourth-order valence-corrected chi connectivity index (χ4v) is 2.56. The van der Waals surface area contributed by atoms with Crippen LogP contribution < -0.4 is 5.32 Å². The third kappa shape index (κ3) is 3.88. The van der Waals surface area contributed by atoms with E-state index >= 15 is 0 Å². The molecular weight excluding hydrogens is 342 g/mol. The highest BCUT2D eigenvalue weighted by Gasteiger charge is 2.19. The minimum Gasteiger partial charge on any atom is -0.340 e. The SMILES string of the molecule is CCCc1noc(C(C)NC(=O)c2cc(-n3cccn3)ccc2Cl)n1. The Morgan fingerprint density at radius 1 is 1.44 bits per heavy atom. The van der Waals surface area contributed by atoms with Crippen LogP contribution in [0.2, 0.25) is 5.02 Å². The minimum absolute atomic E-state index is 0.318. The Kier molecular flexibility index (Phi) is 5.14. The van der Waals surface area contributed by atoms with Gasteiger partial charge in [0.05, 0.1) is 16.3 Å². The second-order valence-corrected chi connectivity index (χ2v) is 6.02. The first-order valence-corrected chi connectivity index (χ1v) is 8.39. The molecule has 0 radical (unpaired) electrons. The van der Waals surface area contributed by atoms with Crippen LogP contribution >= 0.6 is 11.6 Å². The minimum atomic E-state index is -0.421. The summed E-state index contributed by atoms with van der Waals surface area (Å²) < 4.78 is 6.86. The van der Waals surface area contributed by atoms with E-state index in [0.29, 0.717) is 22.3 Å². The molecule has 0 aliphatic carbocycles. The highest BCUT2D eigenvalue weighted by Crippen LogP contribution is 2.21. The van der Waals surface area contributed by atoms with Crippen molar-refractivity contribution in [1.29, 1.82) is 0 Å². The molecule has 8 heteroatoms. The second kappa shape index (κ2) is 7.48. The molecule has 7 nitrogen and oxygen atoms in total. The van der Waals surface area contributed by atoms with Gasteiger partial charge in [-0.05, 0) is 37.6 Å². The largest absolute Gasteiger partial charge is 0.340 e. The molecule has 1 N–H and O–H groups in total. The molecule has 25 heavy (non-hydrogen) atoms. The number of benzene rings is 1. The van der Waals surface area contributed by atoms with Gasteiger partial charge in [-0.3, -0.25) is 4.79 Å². The molecule has 1 aromatic carbocycles. The molecule has 0 fully saturated rings. The van der Waals surface area contributed by atoms with E-state index < -0.39 is 6.04 Å². The number of nitrogens with one attached hydrogen (secondary N) is 1. The van der Waals surface area contributed by atoms with Gasteiger partial charge in [-0.1, -0.05) is 23.7 Å². The maximum atomic E-state index is 12.6. The van der Waals surface area contributed by atoms with Crippen molar-refractivity contribution in [1.82, 2.24) is 25.2 Å². The van der Waals surface area contributed by atoms with Crippen molar-refractivity contribution in [2.45, 2.75) is 32.7 Å². The number of aryl methyl sites for hydroxylation is 1. The van der Waals surface area contributed by atoms with Crippen LogP contribution in [0.25, 0.3) is 5.69 Å². The van der Waals surface area contributed by atoms with Gasteiger partial charge in [0.2, 0.25) is 5.89 Å². The molecule has 1 amide bonds. The van der Waals surface area contributed by atoms with Gasteiger partial charge in [0.15, 0.2) is 5.82 Å². The average molecular weight is 360 g/mol. The normalized spacial score (nSPS) is 12.1. The van der Waals surface area contributed by atoms with Crippen molar-refractivity contribution in [2.24, 2.45) is 0 Å². The highest BCUT2D eigenvalue weighted by atomic mass is 35.5. The van der Waals surface area contributed by atoms with Crippen LogP contribution in [0, 0.1) is 0 Å². The molecule has 2 aromatic heterocycles. The zero-order valence-electron chi connectivity index (χ0n) is 13.9. The van der Waals surface area contributed by atoms with Gasteiger partial charge in [-0.2, -0.15) is 10.1 Å². The molecule has 1 unspecified atom stereocenters. The molecule has 0 saturated heterocycles. The van der Waals surface area contributed by atoms with Crippen LogP contribution in [0.15, 0.2) is 41.2 Å². The molecule has 0 spiro atoms. The second-order valence-electron chi connectivity index (χ2n) is 5.61. The van der Waals surface area contributed by atoms with Crippen molar-refractivity contribution in [3.63, 3.8) is 0 Å². The van der Waals surface area contributed by atoms with E-state index in [0.717, 1.165) is 18.5 Å². The zero-order valence-corrected chi connectivity index (χ0v) is 14.7. The predicted molar refractivity (Wildman–Crippen MR) is 92.7 cm³/mol. The molecule has 3 rings (SSSR count). The molecule has 3 aromatic rings. The van der Waals surface area contributed by atoms with Gasteiger partial charge < -0.3 is 9.84 Å². The quantitative estimate of drug-likeness (QED) is 0.729. The monoisotopic (exact) mass is 359 g/mol. The van der Waals surface area contributed by atoms with Gasteiger partial charge in [0.25, 0.3) is 5.91 Å². The Bertz CT molecular complexity index is 860. The van der Waals surface area contributed by atoms with Crippen molar-refractivity contribution < 1.29 is 9.32 Å². The Morgan fingerprint density at radius 2 is 2.28 bits per heavy atom. The Hall–Kier alpha value is -2.67. The molecule has 0 aliphatic heterocycles. The number of carbonyl (C=O) groups is 1. The summed E-state index contributed by atoms with van der Waals surface area (Å²) >= 11 is 6.19. The summed E-state index contributed by atoms with van der Waals surface area (Å²) in [7, 11) is 0. The van der Waals surface area contributed by atoms with Crippen molar-refractivity contribution in [3.8, 4) is 5.69 Å². The first-order chi connectivity index (χ1) is 12.1. The maximum Gasteiger partial charge on any atom is 0.253 e. The number of amides is 1.